The van der Waals surface area contributed by atoms with Gasteiger partial charge in [0.1, 0.15) is 0 Å². The fourth-order valence-corrected chi connectivity index (χ4v) is 0.368. The molecule has 0 amide bonds. The molecule has 0 radical (unpaired) electrons. The molecular weight excluding hydrogens is 108 g/mol. The van der Waals surface area contributed by atoms with Gasteiger partial charge in [-0.2, -0.15) is 0 Å². The van der Waals surface area contributed by atoms with E-state index < -0.39 is 0 Å². The summed E-state index contributed by atoms with van der Waals surface area (Å²) in [7, 11) is 0. The van der Waals surface area contributed by atoms with Gasteiger partial charge in [0.2, 0.25) is 0 Å². The third kappa shape index (κ3) is 3.69. The molecule has 1 unspecified atom stereocenters. The van der Waals surface area contributed by atoms with Crippen LogP contribution in [0, 0.1) is 11.8 Å². The number of hydrogen-bond donors (Lipinski definition) is 0. The van der Waals surface area contributed by atoms with Crippen molar-refractivity contribution < 1.29 is 0 Å². The molecule has 0 nitrogen and oxygen atoms in total. The van der Waals surface area contributed by atoms with Crippen LogP contribution in [0.4, 0.5) is 0 Å². The van der Waals surface area contributed by atoms with E-state index >= 15 is 0 Å². The summed E-state index contributed by atoms with van der Waals surface area (Å²) in [5, 5.41) is 0.0602. The number of hydrogen-bond acceptors (Lipinski definition) is 0. The standard InChI is InChI=1S/C6H9Cl/c1-3-5-6(7)4-2/h6H,4H2,1-2H3. The lowest BCUT2D eigenvalue weighted by Crippen LogP contribution is -1.87. The molecule has 1 heteroatoms. The fraction of sp³-hybridized carbons (Fsp3) is 0.667. The molecule has 0 bridgehead atoms. The molecule has 0 spiro atoms. The fourth-order valence-electron chi connectivity index (χ4n) is 0.259. The van der Waals surface area contributed by atoms with E-state index in [0.717, 1.165) is 6.42 Å². The Hall–Kier alpha value is -0.150. The van der Waals surface area contributed by atoms with Crippen molar-refractivity contribution in [2.24, 2.45) is 0 Å². The van der Waals surface area contributed by atoms with Crippen LogP contribution in [-0.2, 0) is 0 Å². The largest absolute Gasteiger partial charge is 0.109 e. The minimum atomic E-state index is 0.0602. The van der Waals surface area contributed by atoms with Gasteiger partial charge in [0.15, 0.2) is 0 Å². The predicted octanol–water partition coefficient (Wildman–Crippen LogP) is 2.03. The van der Waals surface area contributed by atoms with Gasteiger partial charge in [0.25, 0.3) is 0 Å². The summed E-state index contributed by atoms with van der Waals surface area (Å²) in [6.45, 7) is 3.81. The van der Waals surface area contributed by atoms with E-state index in [-0.39, 0.29) is 5.38 Å². The number of rotatable bonds is 1. The molecule has 40 valence electrons. The zero-order chi connectivity index (χ0) is 5.70. The lowest BCUT2D eigenvalue weighted by molar-refractivity contribution is 0.990. The van der Waals surface area contributed by atoms with Crippen molar-refractivity contribution in [3.05, 3.63) is 0 Å². The highest BCUT2D eigenvalue weighted by atomic mass is 35.5. The normalized spacial score (nSPS) is 11.9. The molecule has 0 fully saturated rings. The average Bonchev–Trinajstić information content (AvgIpc) is 1.68. The first-order valence-electron chi connectivity index (χ1n) is 2.37. The van der Waals surface area contributed by atoms with Crippen molar-refractivity contribution in [3.63, 3.8) is 0 Å². The molecule has 0 saturated carbocycles. The molecule has 0 aliphatic heterocycles. The topological polar surface area (TPSA) is 0 Å². The Morgan fingerprint density at radius 3 is 2.43 bits per heavy atom. The molecule has 0 aliphatic rings. The summed E-state index contributed by atoms with van der Waals surface area (Å²) >= 11 is 5.59. The maximum Gasteiger partial charge on any atom is 0.0940 e. The smallest absolute Gasteiger partial charge is 0.0940 e. The van der Waals surface area contributed by atoms with Gasteiger partial charge in [-0.05, 0) is 13.3 Å². The highest BCUT2D eigenvalue weighted by Crippen LogP contribution is 1.96. The maximum absolute atomic E-state index is 5.59. The molecular formula is C6H9Cl. The molecule has 0 aromatic heterocycles. The summed E-state index contributed by atoms with van der Waals surface area (Å²) in [4.78, 5) is 0. The summed E-state index contributed by atoms with van der Waals surface area (Å²) in [6, 6.07) is 0. The number of halogens is 1. The zero-order valence-electron chi connectivity index (χ0n) is 4.66. The van der Waals surface area contributed by atoms with Crippen molar-refractivity contribution in [1.82, 2.24) is 0 Å². The van der Waals surface area contributed by atoms with Gasteiger partial charge in [0, 0.05) is 0 Å². The zero-order valence-corrected chi connectivity index (χ0v) is 5.42. The first kappa shape index (κ1) is 6.85. The molecule has 0 N–H and O–H groups in total. The van der Waals surface area contributed by atoms with Gasteiger partial charge in [0.05, 0.1) is 5.38 Å². The van der Waals surface area contributed by atoms with Crippen LogP contribution in [0.1, 0.15) is 20.3 Å². The van der Waals surface area contributed by atoms with Crippen LogP contribution in [-0.4, -0.2) is 5.38 Å². The van der Waals surface area contributed by atoms with E-state index in [4.69, 9.17) is 11.6 Å². The SMILES string of the molecule is CC#CC(Cl)CC. The molecule has 1 atom stereocenters. The van der Waals surface area contributed by atoms with Crippen LogP contribution >= 0.6 is 11.6 Å². The predicted molar refractivity (Wildman–Crippen MR) is 33.4 cm³/mol. The van der Waals surface area contributed by atoms with Crippen LogP contribution in [0.15, 0.2) is 0 Å². The average molecular weight is 117 g/mol. The van der Waals surface area contributed by atoms with E-state index in [1.54, 1.807) is 6.92 Å². The Morgan fingerprint density at radius 1 is 1.71 bits per heavy atom. The van der Waals surface area contributed by atoms with Gasteiger partial charge >= 0.3 is 0 Å². The summed E-state index contributed by atoms with van der Waals surface area (Å²) in [5.41, 5.74) is 0. The van der Waals surface area contributed by atoms with E-state index in [1.165, 1.54) is 0 Å². The van der Waals surface area contributed by atoms with Crippen molar-refractivity contribution in [1.29, 1.82) is 0 Å². The third-order valence-electron chi connectivity index (χ3n) is 0.659. The van der Waals surface area contributed by atoms with Crippen molar-refractivity contribution in [2.45, 2.75) is 25.6 Å². The summed E-state index contributed by atoms with van der Waals surface area (Å²) in [6.07, 6.45) is 0.933. The Balaban J connectivity index is 3.29. The van der Waals surface area contributed by atoms with Gasteiger partial charge < -0.3 is 0 Å². The Labute approximate surface area is 49.9 Å². The van der Waals surface area contributed by atoms with Gasteiger partial charge in [-0.1, -0.05) is 12.8 Å². The van der Waals surface area contributed by atoms with E-state index in [0.29, 0.717) is 0 Å². The molecule has 0 aromatic rings. The van der Waals surface area contributed by atoms with Crippen LogP contribution in [0.2, 0.25) is 0 Å². The van der Waals surface area contributed by atoms with Gasteiger partial charge in [-0.15, -0.1) is 17.5 Å². The molecule has 7 heavy (non-hydrogen) atoms. The molecule has 0 aromatic carbocycles. The molecule has 0 heterocycles. The Bertz CT molecular complexity index is 86.1. The molecule has 0 rings (SSSR count). The lowest BCUT2D eigenvalue weighted by Gasteiger charge is -1.88. The second-order valence-electron chi connectivity index (χ2n) is 1.27. The second kappa shape index (κ2) is 4.02. The first-order valence-corrected chi connectivity index (χ1v) is 2.81. The number of alkyl halides is 1. The molecule has 0 aliphatic carbocycles. The summed E-state index contributed by atoms with van der Waals surface area (Å²) in [5.74, 6) is 5.55. The second-order valence-corrected chi connectivity index (χ2v) is 1.80. The van der Waals surface area contributed by atoms with E-state index in [9.17, 15) is 0 Å². The van der Waals surface area contributed by atoms with Crippen molar-refractivity contribution in [2.75, 3.05) is 0 Å². The lowest BCUT2D eigenvalue weighted by atomic mass is 10.3. The third-order valence-corrected chi connectivity index (χ3v) is 1.08. The Morgan fingerprint density at radius 2 is 2.29 bits per heavy atom. The van der Waals surface area contributed by atoms with Crippen LogP contribution < -0.4 is 0 Å². The van der Waals surface area contributed by atoms with E-state index in [2.05, 4.69) is 11.8 Å². The van der Waals surface area contributed by atoms with Gasteiger partial charge in [-0.25, -0.2) is 0 Å². The summed E-state index contributed by atoms with van der Waals surface area (Å²) < 4.78 is 0. The minimum Gasteiger partial charge on any atom is -0.109 e. The highest BCUT2D eigenvalue weighted by Gasteiger charge is 1.89. The Kier molecular flexibility index (Phi) is 3.93. The first-order chi connectivity index (χ1) is 3.31. The van der Waals surface area contributed by atoms with Crippen LogP contribution in [0.25, 0.3) is 0 Å². The van der Waals surface area contributed by atoms with Crippen LogP contribution in [0.5, 0.6) is 0 Å². The highest BCUT2D eigenvalue weighted by molar-refractivity contribution is 6.22. The monoisotopic (exact) mass is 116 g/mol. The minimum absolute atomic E-state index is 0.0602. The van der Waals surface area contributed by atoms with E-state index in [1.807, 2.05) is 6.92 Å². The van der Waals surface area contributed by atoms with Gasteiger partial charge in [-0.3, -0.25) is 0 Å². The molecule has 0 saturated heterocycles. The van der Waals surface area contributed by atoms with Crippen molar-refractivity contribution in [3.8, 4) is 11.8 Å². The van der Waals surface area contributed by atoms with Crippen LogP contribution in [0.3, 0.4) is 0 Å². The quantitative estimate of drug-likeness (QED) is 0.363. The van der Waals surface area contributed by atoms with Crippen molar-refractivity contribution >= 4 is 11.6 Å². The maximum atomic E-state index is 5.59.